The molecule has 3 aromatic rings. The van der Waals surface area contributed by atoms with E-state index in [4.69, 9.17) is 10.6 Å². The van der Waals surface area contributed by atoms with E-state index < -0.39 is 11.9 Å². The van der Waals surface area contributed by atoms with Crippen molar-refractivity contribution in [3.63, 3.8) is 0 Å². The van der Waals surface area contributed by atoms with Crippen LogP contribution in [-0.2, 0) is 0 Å². The van der Waals surface area contributed by atoms with Gasteiger partial charge in [-0.3, -0.25) is 10.8 Å². The van der Waals surface area contributed by atoms with Gasteiger partial charge in [-0.2, -0.15) is 5.10 Å². The molecule has 1 aromatic carbocycles. The third-order valence-electron chi connectivity index (χ3n) is 3.36. The van der Waals surface area contributed by atoms with Crippen LogP contribution >= 0.6 is 0 Å². The van der Waals surface area contributed by atoms with E-state index in [1.165, 1.54) is 7.11 Å². The first-order valence-corrected chi connectivity index (χ1v) is 6.32. The molecule has 108 valence electrons. The number of nitrogens with one attached hydrogen (secondary N) is 1. The zero-order valence-corrected chi connectivity index (χ0v) is 11.3. The third kappa shape index (κ3) is 2.22. The molecule has 1 unspecified atom stereocenters. The number of halogens is 1. The molecule has 3 N–H and O–H groups in total. The molecule has 0 spiro atoms. The number of ether oxygens (including phenoxy) is 1. The number of rotatable bonds is 4. The van der Waals surface area contributed by atoms with Crippen LogP contribution in [0.2, 0.25) is 0 Å². The summed E-state index contributed by atoms with van der Waals surface area (Å²) in [6, 6.07) is 4.37. The molecule has 1 atom stereocenters. The van der Waals surface area contributed by atoms with Gasteiger partial charge in [0.15, 0.2) is 11.6 Å². The van der Waals surface area contributed by atoms with Gasteiger partial charge in [0.1, 0.15) is 0 Å². The normalized spacial score (nSPS) is 12.5. The van der Waals surface area contributed by atoms with Gasteiger partial charge in [0, 0.05) is 23.5 Å². The molecule has 0 saturated carbocycles. The number of methoxy groups -OCH3 is 1. The summed E-state index contributed by atoms with van der Waals surface area (Å²) in [6.07, 6.45) is 6.64. The SMILES string of the molecule is COc1cccc(C(NN)c2cnn3ccncc23)c1F. The highest BCUT2D eigenvalue weighted by molar-refractivity contribution is 5.56. The number of fused-ring (bicyclic) bond motifs is 1. The van der Waals surface area contributed by atoms with Crippen LogP contribution in [0.25, 0.3) is 5.52 Å². The molecule has 7 heteroatoms. The smallest absolute Gasteiger partial charge is 0.170 e. The predicted octanol–water partition coefficient (Wildman–Crippen LogP) is 1.43. The molecule has 0 aliphatic heterocycles. The minimum Gasteiger partial charge on any atom is -0.494 e. The van der Waals surface area contributed by atoms with E-state index in [9.17, 15) is 4.39 Å². The summed E-state index contributed by atoms with van der Waals surface area (Å²) >= 11 is 0. The Kier molecular flexibility index (Phi) is 3.51. The molecule has 0 amide bonds. The van der Waals surface area contributed by atoms with Crippen LogP contribution in [0, 0.1) is 5.82 Å². The summed E-state index contributed by atoms with van der Waals surface area (Å²) in [6.45, 7) is 0. The molecular weight excluding hydrogens is 273 g/mol. The summed E-state index contributed by atoms with van der Waals surface area (Å²) in [5.41, 5.74) is 4.50. The molecule has 2 aromatic heterocycles. The quantitative estimate of drug-likeness (QED) is 0.560. The van der Waals surface area contributed by atoms with Crippen LogP contribution in [-0.4, -0.2) is 21.7 Å². The average Bonchev–Trinajstić information content (AvgIpc) is 2.94. The van der Waals surface area contributed by atoms with Crippen molar-refractivity contribution in [2.24, 2.45) is 5.84 Å². The van der Waals surface area contributed by atoms with Gasteiger partial charge < -0.3 is 4.74 Å². The van der Waals surface area contributed by atoms with Gasteiger partial charge in [-0.15, -0.1) is 0 Å². The highest BCUT2D eigenvalue weighted by Crippen LogP contribution is 2.30. The van der Waals surface area contributed by atoms with E-state index in [0.717, 1.165) is 11.1 Å². The van der Waals surface area contributed by atoms with Crippen molar-refractivity contribution in [2.45, 2.75) is 6.04 Å². The molecule has 0 fully saturated rings. The first-order valence-electron chi connectivity index (χ1n) is 6.32. The number of hydrogen-bond acceptors (Lipinski definition) is 5. The summed E-state index contributed by atoms with van der Waals surface area (Å²) in [7, 11) is 1.42. The van der Waals surface area contributed by atoms with Crippen molar-refractivity contribution in [2.75, 3.05) is 7.11 Å². The van der Waals surface area contributed by atoms with Gasteiger partial charge in [0.05, 0.1) is 31.1 Å². The van der Waals surface area contributed by atoms with Crippen LogP contribution < -0.4 is 16.0 Å². The Morgan fingerprint density at radius 1 is 1.33 bits per heavy atom. The van der Waals surface area contributed by atoms with E-state index in [1.807, 2.05) is 0 Å². The van der Waals surface area contributed by atoms with Crippen molar-refractivity contribution >= 4 is 5.52 Å². The van der Waals surface area contributed by atoms with Crippen LogP contribution in [0.4, 0.5) is 4.39 Å². The lowest BCUT2D eigenvalue weighted by molar-refractivity contribution is 0.382. The second kappa shape index (κ2) is 5.47. The van der Waals surface area contributed by atoms with Crippen molar-refractivity contribution in [3.8, 4) is 5.75 Å². The maximum atomic E-state index is 14.4. The first-order chi connectivity index (χ1) is 10.3. The lowest BCUT2D eigenvalue weighted by atomic mass is 10.00. The van der Waals surface area contributed by atoms with Crippen LogP contribution in [0.3, 0.4) is 0 Å². The fourth-order valence-corrected chi connectivity index (χ4v) is 2.33. The van der Waals surface area contributed by atoms with E-state index in [0.29, 0.717) is 5.56 Å². The van der Waals surface area contributed by atoms with Crippen LogP contribution in [0.15, 0.2) is 43.0 Å². The maximum absolute atomic E-state index is 14.4. The third-order valence-corrected chi connectivity index (χ3v) is 3.36. The van der Waals surface area contributed by atoms with E-state index in [1.54, 1.807) is 47.5 Å². The molecule has 21 heavy (non-hydrogen) atoms. The highest BCUT2D eigenvalue weighted by Gasteiger charge is 2.22. The average molecular weight is 287 g/mol. The van der Waals surface area contributed by atoms with Crippen molar-refractivity contribution in [1.29, 1.82) is 0 Å². The second-order valence-corrected chi connectivity index (χ2v) is 4.47. The molecule has 0 aliphatic rings. The van der Waals surface area contributed by atoms with Crippen LogP contribution in [0.5, 0.6) is 5.75 Å². The van der Waals surface area contributed by atoms with Crippen molar-refractivity contribution < 1.29 is 9.13 Å². The molecule has 2 heterocycles. The van der Waals surface area contributed by atoms with Gasteiger partial charge in [0.25, 0.3) is 0 Å². The Balaban J connectivity index is 2.15. The Morgan fingerprint density at radius 2 is 2.19 bits per heavy atom. The second-order valence-electron chi connectivity index (χ2n) is 4.47. The lowest BCUT2D eigenvalue weighted by Gasteiger charge is -2.17. The predicted molar refractivity (Wildman–Crippen MR) is 75.1 cm³/mol. The van der Waals surface area contributed by atoms with Crippen molar-refractivity contribution in [3.05, 3.63) is 59.9 Å². The number of aromatic nitrogens is 3. The summed E-state index contributed by atoms with van der Waals surface area (Å²) < 4.78 is 21.1. The van der Waals surface area contributed by atoms with Gasteiger partial charge in [-0.1, -0.05) is 12.1 Å². The maximum Gasteiger partial charge on any atom is 0.170 e. The number of hydrogen-bond donors (Lipinski definition) is 2. The Morgan fingerprint density at radius 3 is 2.95 bits per heavy atom. The Labute approximate surface area is 120 Å². The molecular formula is C14H14FN5O. The molecule has 0 saturated heterocycles. The molecule has 0 aliphatic carbocycles. The van der Waals surface area contributed by atoms with Crippen LogP contribution in [0.1, 0.15) is 17.2 Å². The Hall–Kier alpha value is -2.51. The van der Waals surface area contributed by atoms with E-state index in [2.05, 4.69) is 15.5 Å². The fraction of sp³-hybridized carbons (Fsp3) is 0.143. The molecule has 0 bridgehead atoms. The standard InChI is InChI=1S/C14H14FN5O/c1-21-12-4-2-3-9(13(12)15)14(19-16)10-7-18-20-6-5-17-8-11(10)20/h2-8,14,19H,16H2,1H3. The topological polar surface area (TPSA) is 77.5 Å². The summed E-state index contributed by atoms with van der Waals surface area (Å²) in [5.74, 6) is 5.35. The monoisotopic (exact) mass is 287 g/mol. The van der Waals surface area contributed by atoms with Gasteiger partial charge >= 0.3 is 0 Å². The van der Waals surface area contributed by atoms with Crippen molar-refractivity contribution in [1.82, 2.24) is 20.0 Å². The number of benzene rings is 1. The van der Waals surface area contributed by atoms with Gasteiger partial charge in [-0.05, 0) is 6.07 Å². The first kappa shape index (κ1) is 13.5. The van der Waals surface area contributed by atoms with Gasteiger partial charge in [0.2, 0.25) is 0 Å². The summed E-state index contributed by atoms with van der Waals surface area (Å²) in [5, 5.41) is 4.21. The highest BCUT2D eigenvalue weighted by atomic mass is 19.1. The minimum absolute atomic E-state index is 0.169. The fourth-order valence-electron chi connectivity index (χ4n) is 2.33. The van der Waals surface area contributed by atoms with E-state index in [-0.39, 0.29) is 5.75 Å². The Bertz CT molecular complexity index is 773. The van der Waals surface area contributed by atoms with Gasteiger partial charge in [-0.25, -0.2) is 14.3 Å². The summed E-state index contributed by atoms with van der Waals surface area (Å²) in [4.78, 5) is 4.06. The zero-order valence-electron chi connectivity index (χ0n) is 11.3. The van der Waals surface area contributed by atoms with E-state index >= 15 is 0 Å². The number of nitrogens with two attached hydrogens (primary N) is 1. The zero-order chi connectivity index (χ0) is 14.8. The number of hydrazine groups is 1. The number of nitrogens with zero attached hydrogens (tertiary/aromatic N) is 3. The molecule has 6 nitrogen and oxygen atoms in total. The minimum atomic E-state index is -0.554. The largest absolute Gasteiger partial charge is 0.494 e. The lowest BCUT2D eigenvalue weighted by Crippen LogP contribution is -2.29. The molecule has 3 rings (SSSR count). The molecule has 0 radical (unpaired) electrons.